The number of nitrogens with two attached hydrogens (primary N) is 1. The summed E-state index contributed by atoms with van der Waals surface area (Å²) < 4.78 is 10.9. The van der Waals surface area contributed by atoms with Crippen molar-refractivity contribution >= 4 is 23.8 Å². The van der Waals surface area contributed by atoms with Gasteiger partial charge in [0, 0.05) is 21.6 Å². The second kappa shape index (κ2) is 11.0. The van der Waals surface area contributed by atoms with Gasteiger partial charge in [0.2, 0.25) is 5.91 Å². The molecule has 6 nitrogen and oxygen atoms in total. The first-order valence-electron chi connectivity index (χ1n) is 16.8. The predicted molar refractivity (Wildman–Crippen MR) is 178 cm³/mol. The van der Waals surface area contributed by atoms with Crippen LogP contribution in [0.15, 0.2) is 17.7 Å². The summed E-state index contributed by atoms with van der Waals surface area (Å²) in [5.74, 6) is 0.427. The van der Waals surface area contributed by atoms with Gasteiger partial charge in [-0.1, -0.05) is 60.1 Å². The molecule has 5 rings (SSSR count). The van der Waals surface area contributed by atoms with Crippen molar-refractivity contribution < 1.29 is 24.2 Å². The molecule has 3 saturated carbocycles. The normalized spacial score (nSPS) is 37.8. The molecule has 0 bridgehead atoms. The molecule has 0 radical (unpaired) electrons. The summed E-state index contributed by atoms with van der Waals surface area (Å²) in [4.78, 5) is 25.3. The summed E-state index contributed by atoms with van der Waals surface area (Å²) in [6.07, 6.45) is 9.56. The maximum atomic E-state index is 12.8. The molecule has 244 valence electrons. The van der Waals surface area contributed by atoms with Gasteiger partial charge in [0.1, 0.15) is 0 Å². The number of carbonyl (C=O) groups is 2. The van der Waals surface area contributed by atoms with Crippen LogP contribution in [0.25, 0.3) is 0 Å². The molecule has 1 unspecified atom stereocenters. The van der Waals surface area contributed by atoms with Crippen LogP contribution in [0, 0.1) is 34.5 Å². The number of hydrogen-bond donors (Lipinski definition) is 2. The second-order valence-corrected chi connectivity index (χ2v) is 17.7. The van der Waals surface area contributed by atoms with Gasteiger partial charge < -0.3 is 20.3 Å². The fourth-order valence-corrected chi connectivity index (χ4v) is 11.5. The van der Waals surface area contributed by atoms with Crippen LogP contribution in [0.4, 0.5) is 4.79 Å². The summed E-state index contributed by atoms with van der Waals surface area (Å²) >= 11 is 1.91. The summed E-state index contributed by atoms with van der Waals surface area (Å²) in [6, 6.07) is 1.88. The molecule has 4 aliphatic carbocycles. The highest BCUT2D eigenvalue weighted by Gasteiger charge is 2.68. The Bertz CT molecular complexity index is 1390. The molecule has 0 aliphatic heterocycles. The maximum absolute atomic E-state index is 12.8. The number of primary amides is 1. The number of amides is 1. The number of benzene rings is 1. The maximum Gasteiger partial charge on any atom is 0.514 e. The smallest absolute Gasteiger partial charge is 0.504 e. The van der Waals surface area contributed by atoms with Crippen LogP contribution in [0.2, 0.25) is 0 Å². The molecule has 0 aromatic heterocycles. The van der Waals surface area contributed by atoms with Gasteiger partial charge in [0.15, 0.2) is 11.5 Å². The first-order valence-corrected chi connectivity index (χ1v) is 17.8. The van der Waals surface area contributed by atoms with Gasteiger partial charge in [-0.25, -0.2) is 4.79 Å². The third kappa shape index (κ3) is 4.81. The molecule has 3 fully saturated rings. The van der Waals surface area contributed by atoms with Gasteiger partial charge in [-0.15, -0.1) is 11.8 Å². The van der Waals surface area contributed by atoms with E-state index in [0.29, 0.717) is 11.2 Å². The Balaban J connectivity index is 1.67. The molecule has 7 atom stereocenters. The molecule has 1 aromatic rings. The molecule has 7 heteroatoms. The van der Waals surface area contributed by atoms with E-state index in [4.69, 9.17) is 15.2 Å². The SMILES string of the molecule is CC[C@@]12CC[C@]3(C)C(=CC(SC(C)C)c4c3cc(O)c(OC(=O)OC(C)C)c4C)[C@@]1(C)CC[C@@]1(C)CC[C@@](C)(C(N)=O)C[C@H]12. The van der Waals surface area contributed by atoms with Crippen LogP contribution in [-0.2, 0) is 14.9 Å². The zero-order chi connectivity index (χ0) is 32.6. The van der Waals surface area contributed by atoms with E-state index in [0.717, 1.165) is 68.1 Å². The number of phenols is 1. The molecule has 0 saturated heterocycles. The van der Waals surface area contributed by atoms with E-state index >= 15 is 0 Å². The minimum absolute atomic E-state index is 0.0177. The molecule has 3 N–H and O–H groups in total. The Morgan fingerprint density at radius 1 is 1.05 bits per heavy atom. The van der Waals surface area contributed by atoms with Crippen LogP contribution < -0.4 is 10.5 Å². The van der Waals surface area contributed by atoms with E-state index in [2.05, 4.69) is 54.5 Å². The van der Waals surface area contributed by atoms with Crippen molar-refractivity contribution in [2.75, 3.05) is 0 Å². The van der Waals surface area contributed by atoms with Crippen molar-refractivity contribution in [3.05, 3.63) is 34.4 Å². The van der Waals surface area contributed by atoms with Gasteiger partial charge in [-0.3, -0.25) is 4.79 Å². The Hall–Kier alpha value is -2.15. The van der Waals surface area contributed by atoms with Crippen molar-refractivity contribution in [1.82, 2.24) is 0 Å². The summed E-state index contributed by atoms with van der Waals surface area (Å²) in [5, 5.41) is 11.8. The van der Waals surface area contributed by atoms with E-state index in [1.807, 2.05) is 24.8 Å². The van der Waals surface area contributed by atoms with Crippen LogP contribution >= 0.6 is 11.8 Å². The van der Waals surface area contributed by atoms with Crippen molar-refractivity contribution in [2.24, 2.45) is 33.3 Å². The van der Waals surface area contributed by atoms with Gasteiger partial charge >= 0.3 is 6.16 Å². The number of ether oxygens (including phenoxy) is 2. The fourth-order valence-electron chi connectivity index (χ4n) is 10.3. The average Bonchev–Trinajstić information content (AvgIpc) is 2.92. The molecule has 0 spiro atoms. The molecular weight excluding hydrogens is 570 g/mol. The zero-order valence-corrected chi connectivity index (χ0v) is 29.5. The Kier molecular flexibility index (Phi) is 8.29. The number of aromatic hydroxyl groups is 1. The van der Waals surface area contributed by atoms with E-state index < -0.39 is 11.6 Å². The standard InChI is InChI=1S/C37H55NO5S/c1-11-37-17-15-35(9)24-18-25(39)30(43-32(41)42-21(2)3)23(6)29(24)26(44-22(4)5)19-27(35)36(37,10)16-14-33(7)12-13-34(8,31(38)40)20-28(33)37/h18-19,21-22,26,28,39H,11-17,20H2,1-10H3,(H2,38,40)/t26?,28-,33-,34-,35+,36-,37+/m1/s1. The highest BCUT2D eigenvalue weighted by atomic mass is 32.2. The Morgan fingerprint density at radius 2 is 1.70 bits per heavy atom. The lowest BCUT2D eigenvalue weighted by atomic mass is 9.33. The van der Waals surface area contributed by atoms with Crippen molar-refractivity contribution in [3.8, 4) is 11.5 Å². The van der Waals surface area contributed by atoms with E-state index in [-0.39, 0.29) is 50.4 Å². The summed E-state index contributed by atoms with van der Waals surface area (Å²) in [5.41, 5.74) is 10.1. The number of thioether (sulfide) groups is 1. The largest absolute Gasteiger partial charge is 0.514 e. The second-order valence-electron chi connectivity index (χ2n) is 16.0. The molecular formula is C37H55NO5S. The molecule has 0 heterocycles. The minimum Gasteiger partial charge on any atom is -0.504 e. The number of carbonyl (C=O) groups excluding carboxylic acids is 2. The third-order valence-electron chi connectivity index (χ3n) is 12.9. The lowest BCUT2D eigenvalue weighted by Gasteiger charge is -2.71. The van der Waals surface area contributed by atoms with E-state index in [1.54, 1.807) is 13.8 Å². The predicted octanol–water partition coefficient (Wildman–Crippen LogP) is 9.29. The van der Waals surface area contributed by atoms with Crippen LogP contribution in [0.1, 0.15) is 136 Å². The topological polar surface area (TPSA) is 98.8 Å². The minimum atomic E-state index is -0.803. The van der Waals surface area contributed by atoms with E-state index in [1.165, 1.54) is 5.57 Å². The quantitative estimate of drug-likeness (QED) is 0.186. The highest BCUT2D eigenvalue weighted by molar-refractivity contribution is 8.00. The zero-order valence-electron chi connectivity index (χ0n) is 28.7. The fraction of sp³-hybridized carbons (Fsp3) is 0.730. The lowest BCUT2D eigenvalue weighted by molar-refractivity contribution is -0.174. The number of fused-ring (bicyclic) bond motifs is 7. The van der Waals surface area contributed by atoms with Crippen LogP contribution in [-0.4, -0.2) is 28.5 Å². The first-order chi connectivity index (χ1) is 20.4. The van der Waals surface area contributed by atoms with Gasteiger partial charge in [-0.2, -0.15) is 0 Å². The number of phenolic OH excluding ortho intramolecular Hbond substituents is 1. The molecule has 1 amide bonds. The van der Waals surface area contributed by atoms with Crippen LogP contribution in [0.3, 0.4) is 0 Å². The molecule has 4 aliphatic rings. The van der Waals surface area contributed by atoms with Crippen molar-refractivity contribution in [1.29, 1.82) is 0 Å². The summed E-state index contributed by atoms with van der Waals surface area (Å²) in [7, 11) is 0. The Morgan fingerprint density at radius 3 is 2.30 bits per heavy atom. The monoisotopic (exact) mass is 625 g/mol. The molecule has 44 heavy (non-hydrogen) atoms. The summed E-state index contributed by atoms with van der Waals surface area (Å²) in [6.45, 7) is 21.8. The Labute approximate surface area is 269 Å². The third-order valence-corrected chi connectivity index (χ3v) is 14.1. The number of allylic oxidation sites excluding steroid dienone is 1. The highest BCUT2D eigenvalue weighted by Crippen LogP contribution is 2.76. The van der Waals surface area contributed by atoms with Crippen molar-refractivity contribution in [3.63, 3.8) is 0 Å². The first kappa shape index (κ1) is 33.2. The van der Waals surface area contributed by atoms with Crippen molar-refractivity contribution in [2.45, 2.75) is 143 Å². The van der Waals surface area contributed by atoms with E-state index in [9.17, 15) is 14.7 Å². The van der Waals surface area contributed by atoms with Gasteiger partial charge in [-0.05, 0) is 117 Å². The lowest BCUT2D eigenvalue weighted by Crippen LogP contribution is -2.64. The number of rotatable bonds is 6. The average molecular weight is 626 g/mol. The number of hydrogen-bond acceptors (Lipinski definition) is 6. The molecule has 1 aromatic carbocycles. The van der Waals surface area contributed by atoms with Crippen LogP contribution in [0.5, 0.6) is 11.5 Å². The van der Waals surface area contributed by atoms with Gasteiger partial charge in [0.05, 0.1) is 6.10 Å². The van der Waals surface area contributed by atoms with Gasteiger partial charge in [0.25, 0.3) is 0 Å².